The minimum Gasteiger partial charge on any atom is -0.399 e. The standard InChI is InChI=1S/C11H14BrNO/c1-7(2)5-11(14)9-4-3-8(13)6-10(9)12/h3-4,6-7H,5,13H2,1-2H3. The lowest BCUT2D eigenvalue weighted by molar-refractivity contribution is 0.0967. The van der Waals surface area contributed by atoms with Crippen LogP contribution in [0.5, 0.6) is 0 Å². The van der Waals surface area contributed by atoms with Gasteiger partial charge in [-0.05, 0) is 40.0 Å². The van der Waals surface area contributed by atoms with Gasteiger partial charge in [0.15, 0.2) is 5.78 Å². The average Bonchev–Trinajstić information content (AvgIpc) is 2.01. The molecule has 0 aliphatic heterocycles. The van der Waals surface area contributed by atoms with Gasteiger partial charge in [-0.3, -0.25) is 4.79 Å². The summed E-state index contributed by atoms with van der Waals surface area (Å²) in [6.07, 6.45) is 0.572. The molecule has 1 rings (SSSR count). The van der Waals surface area contributed by atoms with E-state index >= 15 is 0 Å². The summed E-state index contributed by atoms with van der Waals surface area (Å²) in [4.78, 5) is 11.7. The van der Waals surface area contributed by atoms with E-state index in [9.17, 15) is 4.79 Å². The van der Waals surface area contributed by atoms with Crippen molar-refractivity contribution < 1.29 is 4.79 Å². The maximum absolute atomic E-state index is 11.7. The number of anilines is 1. The molecule has 0 amide bonds. The number of nitrogens with two attached hydrogens (primary N) is 1. The average molecular weight is 256 g/mol. The predicted molar refractivity (Wildman–Crippen MR) is 62.3 cm³/mol. The van der Waals surface area contributed by atoms with Crippen molar-refractivity contribution in [1.29, 1.82) is 0 Å². The maximum Gasteiger partial charge on any atom is 0.164 e. The van der Waals surface area contributed by atoms with Gasteiger partial charge in [0.2, 0.25) is 0 Å². The van der Waals surface area contributed by atoms with Crippen LogP contribution >= 0.6 is 15.9 Å². The van der Waals surface area contributed by atoms with E-state index in [0.717, 1.165) is 4.47 Å². The minimum atomic E-state index is 0.159. The molecule has 2 nitrogen and oxygen atoms in total. The third kappa shape index (κ3) is 2.84. The normalized spacial score (nSPS) is 10.6. The second kappa shape index (κ2) is 4.60. The first-order chi connectivity index (χ1) is 6.50. The van der Waals surface area contributed by atoms with Gasteiger partial charge >= 0.3 is 0 Å². The van der Waals surface area contributed by atoms with E-state index in [2.05, 4.69) is 15.9 Å². The lowest BCUT2D eigenvalue weighted by atomic mass is 10.0. The van der Waals surface area contributed by atoms with Crippen molar-refractivity contribution in [3.05, 3.63) is 28.2 Å². The zero-order valence-electron chi connectivity index (χ0n) is 8.38. The highest BCUT2D eigenvalue weighted by Crippen LogP contribution is 2.22. The Morgan fingerprint density at radius 1 is 1.50 bits per heavy atom. The second-order valence-corrected chi connectivity index (χ2v) is 4.61. The van der Waals surface area contributed by atoms with E-state index in [1.807, 2.05) is 13.8 Å². The molecule has 0 bridgehead atoms. The summed E-state index contributed by atoms with van der Waals surface area (Å²) in [5.74, 6) is 0.541. The Hall–Kier alpha value is -0.830. The van der Waals surface area contributed by atoms with Crippen molar-refractivity contribution in [2.45, 2.75) is 20.3 Å². The van der Waals surface area contributed by atoms with E-state index in [1.54, 1.807) is 18.2 Å². The van der Waals surface area contributed by atoms with E-state index in [-0.39, 0.29) is 5.78 Å². The quantitative estimate of drug-likeness (QED) is 0.666. The fraction of sp³-hybridized carbons (Fsp3) is 0.364. The summed E-state index contributed by atoms with van der Waals surface area (Å²) in [6, 6.07) is 5.27. The van der Waals surface area contributed by atoms with Gasteiger partial charge in [0, 0.05) is 22.1 Å². The number of rotatable bonds is 3. The molecular formula is C11H14BrNO. The fourth-order valence-electron chi connectivity index (χ4n) is 1.24. The summed E-state index contributed by atoms with van der Waals surface area (Å²) in [5, 5.41) is 0. The molecule has 0 aromatic heterocycles. The molecule has 1 aromatic rings. The zero-order valence-corrected chi connectivity index (χ0v) is 9.97. The van der Waals surface area contributed by atoms with Crippen LogP contribution in [-0.4, -0.2) is 5.78 Å². The number of ketones is 1. The number of hydrogen-bond acceptors (Lipinski definition) is 2. The number of carbonyl (C=O) groups is 1. The van der Waals surface area contributed by atoms with Crippen molar-refractivity contribution in [3.8, 4) is 0 Å². The Morgan fingerprint density at radius 3 is 2.64 bits per heavy atom. The van der Waals surface area contributed by atoms with E-state index < -0.39 is 0 Å². The SMILES string of the molecule is CC(C)CC(=O)c1ccc(N)cc1Br. The van der Waals surface area contributed by atoms with Crippen molar-refractivity contribution in [1.82, 2.24) is 0 Å². The molecule has 76 valence electrons. The Labute approximate surface area is 92.6 Å². The van der Waals surface area contributed by atoms with Crippen LogP contribution in [0.2, 0.25) is 0 Å². The molecule has 0 spiro atoms. The van der Waals surface area contributed by atoms with Crippen LogP contribution in [-0.2, 0) is 0 Å². The highest BCUT2D eigenvalue weighted by molar-refractivity contribution is 9.10. The second-order valence-electron chi connectivity index (χ2n) is 3.76. The molecule has 0 atom stereocenters. The summed E-state index contributed by atoms with van der Waals surface area (Å²) in [7, 11) is 0. The lowest BCUT2D eigenvalue weighted by Crippen LogP contribution is -2.04. The predicted octanol–water partition coefficient (Wildman–Crippen LogP) is 3.26. The molecule has 1 aromatic carbocycles. The van der Waals surface area contributed by atoms with Crippen LogP contribution < -0.4 is 5.73 Å². The molecule has 3 heteroatoms. The van der Waals surface area contributed by atoms with Crippen LogP contribution in [0, 0.1) is 5.92 Å². The fourth-order valence-corrected chi connectivity index (χ4v) is 1.86. The van der Waals surface area contributed by atoms with Crippen LogP contribution in [0.15, 0.2) is 22.7 Å². The van der Waals surface area contributed by atoms with Crippen LogP contribution in [0.25, 0.3) is 0 Å². The third-order valence-corrected chi connectivity index (χ3v) is 2.54. The van der Waals surface area contributed by atoms with Crippen molar-refractivity contribution in [2.24, 2.45) is 5.92 Å². The molecule has 0 unspecified atom stereocenters. The number of halogens is 1. The monoisotopic (exact) mass is 255 g/mol. The molecule has 0 saturated carbocycles. The molecular weight excluding hydrogens is 242 g/mol. The maximum atomic E-state index is 11.7. The first-order valence-electron chi connectivity index (χ1n) is 4.59. The van der Waals surface area contributed by atoms with Crippen LogP contribution in [0.4, 0.5) is 5.69 Å². The Balaban J connectivity index is 2.90. The van der Waals surface area contributed by atoms with Crippen LogP contribution in [0.3, 0.4) is 0 Å². The molecule has 0 aliphatic carbocycles. The van der Waals surface area contributed by atoms with Gasteiger partial charge in [-0.15, -0.1) is 0 Å². The largest absolute Gasteiger partial charge is 0.399 e. The number of benzene rings is 1. The van der Waals surface area contributed by atoms with Gasteiger partial charge in [-0.25, -0.2) is 0 Å². The molecule has 0 fully saturated rings. The summed E-state index contributed by atoms with van der Waals surface area (Å²) >= 11 is 3.34. The molecule has 2 N–H and O–H groups in total. The molecule has 0 aliphatic rings. The molecule has 0 heterocycles. The Bertz CT molecular complexity index is 347. The van der Waals surface area contributed by atoms with E-state index in [0.29, 0.717) is 23.6 Å². The Morgan fingerprint density at radius 2 is 2.14 bits per heavy atom. The topological polar surface area (TPSA) is 43.1 Å². The third-order valence-electron chi connectivity index (χ3n) is 1.89. The zero-order chi connectivity index (χ0) is 10.7. The van der Waals surface area contributed by atoms with E-state index in [4.69, 9.17) is 5.73 Å². The van der Waals surface area contributed by atoms with Gasteiger partial charge in [0.1, 0.15) is 0 Å². The van der Waals surface area contributed by atoms with Gasteiger partial charge in [-0.1, -0.05) is 13.8 Å². The number of carbonyl (C=O) groups excluding carboxylic acids is 1. The smallest absolute Gasteiger partial charge is 0.164 e. The number of nitrogen functional groups attached to an aromatic ring is 1. The number of hydrogen-bond donors (Lipinski definition) is 1. The Kier molecular flexibility index (Phi) is 3.69. The van der Waals surface area contributed by atoms with Crippen molar-refractivity contribution in [2.75, 3.05) is 5.73 Å². The van der Waals surface area contributed by atoms with Gasteiger partial charge in [0.25, 0.3) is 0 Å². The number of Topliss-reactive ketones (excluding diaryl/α,β-unsaturated/α-hetero) is 1. The first kappa shape index (κ1) is 11.2. The van der Waals surface area contributed by atoms with Gasteiger partial charge < -0.3 is 5.73 Å². The first-order valence-corrected chi connectivity index (χ1v) is 5.38. The van der Waals surface area contributed by atoms with Gasteiger partial charge in [-0.2, -0.15) is 0 Å². The van der Waals surface area contributed by atoms with Crippen molar-refractivity contribution >= 4 is 27.4 Å². The lowest BCUT2D eigenvalue weighted by Gasteiger charge is -2.06. The molecule has 0 saturated heterocycles. The minimum absolute atomic E-state index is 0.159. The van der Waals surface area contributed by atoms with E-state index in [1.165, 1.54) is 0 Å². The van der Waals surface area contributed by atoms with Gasteiger partial charge in [0.05, 0.1) is 0 Å². The van der Waals surface area contributed by atoms with Crippen LogP contribution in [0.1, 0.15) is 30.6 Å². The molecule has 0 radical (unpaired) electrons. The highest BCUT2D eigenvalue weighted by atomic mass is 79.9. The molecule has 14 heavy (non-hydrogen) atoms. The van der Waals surface area contributed by atoms with Crippen molar-refractivity contribution in [3.63, 3.8) is 0 Å². The summed E-state index contributed by atoms with van der Waals surface area (Å²) in [6.45, 7) is 4.06. The summed E-state index contributed by atoms with van der Waals surface area (Å²) < 4.78 is 0.781. The highest BCUT2D eigenvalue weighted by Gasteiger charge is 2.11. The summed E-state index contributed by atoms with van der Waals surface area (Å²) in [5.41, 5.74) is 6.97.